The predicted octanol–water partition coefficient (Wildman–Crippen LogP) is 3.98. The highest BCUT2D eigenvalue weighted by Gasteiger charge is 2.19. The van der Waals surface area contributed by atoms with Gasteiger partial charge in [-0.2, -0.15) is 5.10 Å². The molecule has 0 aliphatic rings. The minimum Gasteiger partial charge on any atom is -0.323 e. The average molecular weight is 369 g/mol. The fourth-order valence-corrected chi connectivity index (χ4v) is 2.77. The van der Waals surface area contributed by atoms with Gasteiger partial charge in [-0.1, -0.05) is 41.9 Å². The molecule has 3 aromatic rings. The first-order valence-electron chi connectivity index (χ1n) is 8.39. The third-order valence-electron chi connectivity index (χ3n) is 4.26. The van der Waals surface area contributed by atoms with E-state index < -0.39 is 0 Å². The molecule has 1 heterocycles. The number of benzene rings is 2. The Bertz CT molecular complexity index is 878. The van der Waals surface area contributed by atoms with E-state index in [9.17, 15) is 4.79 Å². The molecule has 0 spiro atoms. The van der Waals surface area contributed by atoms with Gasteiger partial charge in [-0.15, -0.1) is 0 Å². The summed E-state index contributed by atoms with van der Waals surface area (Å²) in [5.41, 5.74) is 2.66. The SMILES string of the molecule is C[C@@H](C(=O)Nc1ccccc1Cl)N(C)Cc1cnn(-c2ccccc2)c1. The first-order chi connectivity index (χ1) is 12.5. The summed E-state index contributed by atoms with van der Waals surface area (Å²) in [5, 5.41) is 7.80. The fraction of sp³-hybridized carbons (Fsp3) is 0.200. The maximum Gasteiger partial charge on any atom is 0.241 e. The minimum absolute atomic E-state index is 0.101. The second-order valence-electron chi connectivity index (χ2n) is 6.19. The summed E-state index contributed by atoms with van der Waals surface area (Å²) < 4.78 is 1.83. The van der Waals surface area contributed by atoms with Gasteiger partial charge < -0.3 is 5.32 Å². The van der Waals surface area contributed by atoms with Crippen molar-refractivity contribution < 1.29 is 4.79 Å². The van der Waals surface area contributed by atoms with E-state index in [1.54, 1.807) is 12.1 Å². The molecule has 0 fully saturated rings. The summed E-state index contributed by atoms with van der Waals surface area (Å²) in [6, 6.07) is 16.8. The lowest BCUT2D eigenvalue weighted by molar-refractivity contribution is -0.120. The zero-order valence-electron chi connectivity index (χ0n) is 14.8. The number of carbonyl (C=O) groups excluding carboxylic acids is 1. The van der Waals surface area contributed by atoms with Crippen molar-refractivity contribution in [1.82, 2.24) is 14.7 Å². The summed E-state index contributed by atoms with van der Waals surface area (Å²) in [7, 11) is 1.91. The molecular weight excluding hydrogens is 348 g/mol. The second-order valence-corrected chi connectivity index (χ2v) is 6.60. The molecule has 1 aromatic heterocycles. The van der Waals surface area contributed by atoms with Crippen LogP contribution < -0.4 is 5.32 Å². The normalized spacial score (nSPS) is 12.2. The second kappa shape index (κ2) is 8.17. The third-order valence-corrected chi connectivity index (χ3v) is 4.59. The number of nitrogens with zero attached hydrogens (tertiary/aromatic N) is 3. The number of likely N-dealkylation sites (N-methyl/N-ethyl adjacent to an activating group) is 1. The lowest BCUT2D eigenvalue weighted by Gasteiger charge is -2.23. The monoisotopic (exact) mass is 368 g/mol. The molecule has 0 unspecified atom stereocenters. The number of amides is 1. The van der Waals surface area contributed by atoms with Crippen LogP contribution in [0.4, 0.5) is 5.69 Å². The Morgan fingerprint density at radius 1 is 1.19 bits per heavy atom. The van der Waals surface area contributed by atoms with E-state index in [1.807, 2.05) is 78.4 Å². The van der Waals surface area contributed by atoms with Crippen molar-refractivity contribution in [3.05, 3.63) is 77.6 Å². The van der Waals surface area contributed by atoms with E-state index in [0.29, 0.717) is 17.3 Å². The molecular formula is C20H21ClN4O. The van der Waals surface area contributed by atoms with Crippen LogP contribution in [0, 0.1) is 0 Å². The van der Waals surface area contributed by atoms with Crippen LogP contribution in [-0.4, -0.2) is 33.7 Å². The fourth-order valence-electron chi connectivity index (χ4n) is 2.59. The van der Waals surface area contributed by atoms with Crippen molar-refractivity contribution in [2.24, 2.45) is 0 Å². The zero-order chi connectivity index (χ0) is 18.5. The summed E-state index contributed by atoms with van der Waals surface area (Å²) >= 11 is 6.10. The summed E-state index contributed by atoms with van der Waals surface area (Å²) in [6.45, 7) is 2.48. The maximum absolute atomic E-state index is 12.5. The van der Waals surface area contributed by atoms with Crippen LogP contribution in [0.1, 0.15) is 12.5 Å². The van der Waals surface area contributed by atoms with E-state index in [2.05, 4.69) is 10.4 Å². The van der Waals surface area contributed by atoms with E-state index in [0.717, 1.165) is 11.3 Å². The van der Waals surface area contributed by atoms with Crippen LogP contribution >= 0.6 is 11.6 Å². The molecule has 0 aliphatic heterocycles. The van der Waals surface area contributed by atoms with Crippen molar-refractivity contribution in [2.75, 3.05) is 12.4 Å². The van der Waals surface area contributed by atoms with Gasteiger partial charge in [-0.3, -0.25) is 9.69 Å². The van der Waals surface area contributed by atoms with Gasteiger partial charge in [0.25, 0.3) is 0 Å². The molecule has 0 saturated heterocycles. The smallest absolute Gasteiger partial charge is 0.241 e. The molecule has 0 saturated carbocycles. The Balaban J connectivity index is 1.62. The molecule has 1 amide bonds. The van der Waals surface area contributed by atoms with E-state index in [4.69, 9.17) is 11.6 Å². The van der Waals surface area contributed by atoms with Gasteiger partial charge in [0.05, 0.1) is 28.6 Å². The number of nitrogens with one attached hydrogen (secondary N) is 1. The number of hydrogen-bond donors (Lipinski definition) is 1. The van der Waals surface area contributed by atoms with Crippen LogP contribution in [0.5, 0.6) is 0 Å². The standard InChI is InChI=1S/C20H21ClN4O/c1-15(20(26)23-19-11-7-6-10-18(19)21)24(2)13-16-12-22-25(14-16)17-8-4-3-5-9-17/h3-12,14-15H,13H2,1-2H3,(H,23,26)/t15-/m0/s1. The zero-order valence-corrected chi connectivity index (χ0v) is 15.5. The Morgan fingerprint density at radius 2 is 1.88 bits per heavy atom. The van der Waals surface area contributed by atoms with Crippen molar-refractivity contribution >= 4 is 23.2 Å². The molecule has 0 aliphatic carbocycles. The molecule has 2 aromatic carbocycles. The molecule has 6 heteroatoms. The Labute approximate surface area is 158 Å². The topological polar surface area (TPSA) is 50.2 Å². The van der Waals surface area contributed by atoms with Crippen LogP contribution in [0.2, 0.25) is 5.02 Å². The highest BCUT2D eigenvalue weighted by molar-refractivity contribution is 6.33. The maximum atomic E-state index is 12.5. The quantitative estimate of drug-likeness (QED) is 0.715. The Kier molecular flexibility index (Phi) is 5.71. The van der Waals surface area contributed by atoms with E-state index >= 15 is 0 Å². The highest BCUT2D eigenvalue weighted by Crippen LogP contribution is 2.21. The average Bonchev–Trinajstić information content (AvgIpc) is 3.12. The molecule has 1 N–H and O–H groups in total. The van der Waals surface area contributed by atoms with E-state index in [-0.39, 0.29) is 11.9 Å². The molecule has 26 heavy (non-hydrogen) atoms. The van der Waals surface area contributed by atoms with Crippen LogP contribution in [0.3, 0.4) is 0 Å². The molecule has 0 radical (unpaired) electrons. The van der Waals surface area contributed by atoms with Gasteiger partial charge >= 0.3 is 0 Å². The van der Waals surface area contributed by atoms with Gasteiger partial charge in [0.2, 0.25) is 5.91 Å². The highest BCUT2D eigenvalue weighted by atomic mass is 35.5. The van der Waals surface area contributed by atoms with Gasteiger partial charge in [0.1, 0.15) is 0 Å². The van der Waals surface area contributed by atoms with Crippen LogP contribution in [0.25, 0.3) is 5.69 Å². The predicted molar refractivity (Wildman–Crippen MR) is 105 cm³/mol. The van der Waals surface area contributed by atoms with Gasteiger partial charge in [0.15, 0.2) is 0 Å². The largest absolute Gasteiger partial charge is 0.323 e. The van der Waals surface area contributed by atoms with Crippen molar-refractivity contribution in [3.8, 4) is 5.69 Å². The summed E-state index contributed by atoms with van der Waals surface area (Å²) in [4.78, 5) is 14.5. The van der Waals surface area contributed by atoms with Gasteiger partial charge in [0, 0.05) is 18.3 Å². The lowest BCUT2D eigenvalue weighted by Crippen LogP contribution is -2.39. The third kappa shape index (κ3) is 4.31. The van der Waals surface area contributed by atoms with Crippen LogP contribution in [0.15, 0.2) is 67.0 Å². The summed E-state index contributed by atoms with van der Waals surface area (Å²) in [5.74, 6) is -0.101. The van der Waals surface area contributed by atoms with Crippen molar-refractivity contribution in [1.29, 1.82) is 0 Å². The molecule has 3 rings (SSSR count). The number of carbonyl (C=O) groups is 1. The molecule has 134 valence electrons. The minimum atomic E-state index is -0.314. The number of hydrogen-bond acceptors (Lipinski definition) is 3. The lowest BCUT2D eigenvalue weighted by atomic mass is 10.2. The number of para-hydroxylation sites is 2. The molecule has 5 nitrogen and oxygen atoms in total. The van der Waals surface area contributed by atoms with Gasteiger partial charge in [-0.25, -0.2) is 4.68 Å². The van der Waals surface area contributed by atoms with Crippen molar-refractivity contribution in [2.45, 2.75) is 19.5 Å². The number of aromatic nitrogens is 2. The molecule has 1 atom stereocenters. The first kappa shape index (κ1) is 18.2. The Morgan fingerprint density at radius 3 is 2.62 bits per heavy atom. The molecule has 0 bridgehead atoms. The summed E-state index contributed by atoms with van der Waals surface area (Å²) in [6.07, 6.45) is 3.80. The number of halogens is 1. The van der Waals surface area contributed by atoms with E-state index in [1.165, 1.54) is 0 Å². The number of rotatable bonds is 6. The Hall–Kier alpha value is -2.63. The van der Waals surface area contributed by atoms with Crippen molar-refractivity contribution in [3.63, 3.8) is 0 Å². The number of anilines is 1. The van der Waals surface area contributed by atoms with Gasteiger partial charge in [-0.05, 0) is 38.2 Å². The van der Waals surface area contributed by atoms with Crippen LogP contribution in [-0.2, 0) is 11.3 Å². The first-order valence-corrected chi connectivity index (χ1v) is 8.77.